The van der Waals surface area contributed by atoms with Crippen LogP contribution < -0.4 is 10.2 Å². The summed E-state index contributed by atoms with van der Waals surface area (Å²) in [4.78, 5) is 31.2. The van der Waals surface area contributed by atoms with Gasteiger partial charge in [-0.3, -0.25) is 4.79 Å². The Morgan fingerprint density at radius 1 is 1.41 bits per heavy atom. The molecule has 0 aliphatic carbocycles. The zero-order valence-corrected chi connectivity index (χ0v) is 15.6. The summed E-state index contributed by atoms with van der Waals surface area (Å²) in [6.45, 7) is 2.19. The predicted octanol–water partition coefficient (Wildman–Crippen LogP) is 3.54. The van der Waals surface area contributed by atoms with E-state index in [0.29, 0.717) is 23.5 Å². The first kappa shape index (κ1) is 17.3. The Kier molecular flexibility index (Phi) is 4.41. The lowest BCUT2D eigenvalue weighted by molar-refractivity contribution is -0.117. The minimum atomic E-state index is -0.456. The van der Waals surface area contributed by atoms with Crippen molar-refractivity contribution in [3.05, 3.63) is 53.4 Å². The molecule has 0 spiro atoms. The molecule has 2 aromatic heterocycles. The van der Waals surface area contributed by atoms with Gasteiger partial charge >= 0.3 is 5.97 Å². The van der Waals surface area contributed by atoms with Crippen LogP contribution >= 0.6 is 11.3 Å². The van der Waals surface area contributed by atoms with E-state index in [1.165, 1.54) is 18.4 Å². The Morgan fingerprint density at radius 2 is 2.26 bits per heavy atom. The Labute approximate surface area is 159 Å². The van der Waals surface area contributed by atoms with Crippen LogP contribution in [0.1, 0.15) is 23.0 Å². The monoisotopic (exact) mass is 383 g/mol. The molecule has 0 radical (unpaired) electrons. The first-order valence-electron chi connectivity index (χ1n) is 8.34. The largest absolute Gasteiger partial charge is 0.472 e. The number of para-hydroxylation sites is 1. The molecule has 0 fully saturated rings. The maximum Gasteiger partial charge on any atom is 0.340 e. The van der Waals surface area contributed by atoms with Gasteiger partial charge in [-0.1, -0.05) is 6.07 Å². The third-order valence-corrected chi connectivity index (χ3v) is 5.43. The number of nitrogens with one attached hydrogen (secondary N) is 1. The molecule has 0 unspecified atom stereocenters. The van der Waals surface area contributed by atoms with Crippen molar-refractivity contribution in [2.75, 3.05) is 17.3 Å². The first-order chi connectivity index (χ1) is 13.1. The van der Waals surface area contributed by atoms with Crippen molar-refractivity contribution in [1.82, 2.24) is 4.98 Å². The Hall–Kier alpha value is -3.13. The van der Waals surface area contributed by atoms with Crippen LogP contribution in [0, 0.1) is 0 Å². The molecule has 3 heterocycles. The van der Waals surface area contributed by atoms with Gasteiger partial charge in [0, 0.05) is 10.9 Å². The fourth-order valence-electron chi connectivity index (χ4n) is 3.09. The molecule has 0 saturated heterocycles. The van der Waals surface area contributed by atoms with Gasteiger partial charge in [0.1, 0.15) is 17.3 Å². The molecule has 7 nitrogen and oxygen atoms in total. The summed E-state index contributed by atoms with van der Waals surface area (Å²) in [5.41, 5.74) is 3.36. The molecule has 1 atom stereocenters. The number of hydrogen-bond acceptors (Lipinski definition) is 7. The maximum absolute atomic E-state index is 12.4. The Morgan fingerprint density at radius 3 is 3.00 bits per heavy atom. The molecular weight excluding hydrogens is 366 g/mol. The number of thiazole rings is 1. The lowest BCUT2D eigenvalue weighted by Gasteiger charge is -2.36. The highest BCUT2D eigenvalue weighted by atomic mass is 32.1. The lowest BCUT2D eigenvalue weighted by Crippen LogP contribution is -2.46. The van der Waals surface area contributed by atoms with Gasteiger partial charge in [-0.15, -0.1) is 11.3 Å². The second kappa shape index (κ2) is 6.88. The van der Waals surface area contributed by atoms with E-state index in [4.69, 9.17) is 9.15 Å². The van der Waals surface area contributed by atoms with Crippen LogP contribution in [0.2, 0.25) is 0 Å². The summed E-state index contributed by atoms with van der Waals surface area (Å²) >= 11 is 1.50. The summed E-state index contributed by atoms with van der Waals surface area (Å²) in [6.07, 6.45) is 3.25. The van der Waals surface area contributed by atoms with Crippen LogP contribution in [0.15, 0.2) is 46.6 Å². The van der Waals surface area contributed by atoms with E-state index in [2.05, 4.69) is 10.3 Å². The van der Waals surface area contributed by atoms with Gasteiger partial charge in [-0.25, -0.2) is 9.78 Å². The zero-order chi connectivity index (χ0) is 19.0. The SMILES string of the molecule is COC(=O)c1cccc2c1N(Cc1csc(-c3ccoc3)n1)[C@@H](C)C(=O)N2. The summed E-state index contributed by atoms with van der Waals surface area (Å²) in [5.74, 6) is -0.577. The fourth-order valence-corrected chi connectivity index (χ4v) is 3.89. The van der Waals surface area contributed by atoms with Gasteiger partial charge in [-0.05, 0) is 25.1 Å². The molecule has 8 heteroatoms. The van der Waals surface area contributed by atoms with Crippen molar-refractivity contribution in [1.29, 1.82) is 0 Å². The van der Waals surface area contributed by atoms with Crippen LogP contribution in [0.5, 0.6) is 0 Å². The van der Waals surface area contributed by atoms with Gasteiger partial charge < -0.3 is 19.4 Å². The standard InChI is InChI=1S/C19H17N3O4S/c1-11-17(23)21-15-5-3-4-14(19(24)25-2)16(15)22(11)8-13-10-27-18(20-13)12-6-7-26-9-12/h3-7,9-11H,8H2,1-2H3,(H,21,23)/t11-/m0/s1. The molecule has 1 aliphatic heterocycles. The molecular formula is C19H17N3O4S. The van der Waals surface area contributed by atoms with Crippen molar-refractivity contribution in [2.24, 2.45) is 0 Å². The van der Waals surface area contributed by atoms with Gasteiger partial charge in [0.15, 0.2) is 0 Å². The number of rotatable bonds is 4. The van der Waals surface area contributed by atoms with Crippen molar-refractivity contribution < 1.29 is 18.7 Å². The number of nitrogens with zero attached hydrogens (tertiary/aromatic N) is 2. The lowest BCUT2D eigenvalue weighted by atomic mass is 10.0. The van der Waals surface area contributed by atoms with Gasteiger partial charge in [-0.2, -0.15) is 0 Å². The number of anilines is 2. The fraction of sp³-hybridized carbons (Fsp3) is 0.211. The summed E-state index contributed by atoms with van der Waals surface area (Å²) in [5, 5.41) is 5.64. The molecule has 3 aromatic rings. The smallest absolute Gasteiger partial charge is 0.340 e. The van der Waals surface area contributed by atoms with E-state index >= 15 is 0 Å². The number of ether oxygens (including phenoxy) is 1. The number of hydrogen-bond donors (Lipinski definition) is 1. The van der Waals surface area contributed by atoms with Gasteiger partial charge in [0.25, 0.3) is 0 Å². The third-order valence-electron chi connectivity index (χ3n) is 4.49. The average Bonchev–Trinajstić information content (AvgIpc) is 3.35. The van der Waals surface area contributed by atoms with E-state index in [9.17, 15) is 9.59 Å². The molecule has 1 aromatic carbocycles. The zero-order valence-electron chi connectivity index (χ0n) is 14.8. The van der Waals surface area contributed by atoms with Crippen molar-refractivity contribution >= 4 is 34.6 Å². The number of aromatic nitrogens is 1. The van der Waals surface area contributed by atoms with Crippen molar-refractivity contribution in [3.63, 3.8) is 0 Å². The van der Waals surface area contributed by atoms with Crippen LogP contribution in [-0.4, -0.2) is 30.0 Å². The number of amides is 1. The van der Waals surface area contributed by atoms with Crippen LogP contribution in [-0.2, 0) is 16.1 Å². The number of esters is 1. The minimum absolute atomic E-state index is 0.130. The maximum atomic E-state index is 12.4. The Bertz CT molecular complexity index is 996. The highest BCUT2D eigenvalue weighted by Gasteiger charge is 2.33. The van der Waals surface area contributed by atoms with Gasteiger partial charge in [0.05, 0.1) is 42.5 Å². The van der Waals surface area contributed by atoms with Crippen molar-refractivity contribution in [2.45, 2.75) is 19.5 Å². The molecule has 27 heavy (non-hydrogen) atoms. The molecule has 0 bridgehead atoms. The van der Waals surface area contributed by atoms with E-state index in [1.54, 1.807) is 37.6 Å². The second-order valence-corrected chi connectivity index (χ2v) is 7.00. The van der Waals surface area contributed by atoms with Crippen molar-refractivity contribution in [3.8, 4) is 10.6 Å². The summed E-state index contributed by atoms with van der Waals surface area (Å²) in [6, 6.07) is 6.59. The molecule has 1 aliphatic rings. The Balaban J connectivity index is 1.72. The highest BCUT2D eigenvalue weighted by Crippen LogP contribution is 2.37. The minimum Gasteiger partial charge on any atom is -0.472 e. The van der Waals surface area contributed by atoms with E-state index < -0.39 is 12.0 Å². The number of fused-ring (bicyclic) bond motifs is 1. The van der Waals surface area contributed by atoms with E-state index in [0.717, 1.165) is 16.3 Å². The number of carbonyl (C=O) groups is 2. The summed E-state index contributed by atoms with van der Waals surface area (Å²) < 4.78 is 10.0. The number of furan rings is 1. The normalized spacial score (nSPS) is 16.0. The van der Waals surface area contributed by atoms with Crippen LogP contribution in [0.4, 0.5) is 11.4 Å². The average molecular weight is 383 g/mol. The van der Waals surface area contributed by atoms with Crippen LogP contribution in [0.3, 0.4) is 0 Å². The number of benzene rings is 1. The van der Waals surface area contributed by atoms with E-state index in [1.807, 2.05) is 16.3 Å². The topological polar surface area (TPSA) is 84.7 Å². The second-order valence-electron chi connectivity index (χ2n) is 6.14. The number of carbonyl (C=O) groups excluding carboxylic acids is 2. The third kappa shape index (κ3) is 3.08. The van der Waals surface area contributed by atoms with Crippen LogP contribution in [0.25, 0.3) is 10.6 Å². The molecule has 4 rings (SSSR count). The molecule has 138 valence electrons. The molecule has 1 N–H and O–H groups in total. The van der Waals surface area contributed by atoms with Gasteiger partial charge in [0.2, 0.25) is 5.91 Å². The van der Waals surface area contributed by atoms with E-state index in [-0.39, 0.29) is 5.91 Å². The highest BCUT2D eigenvalue weighted by molar-refractivity contribution is 7.13. The first-order valence-corrected chi connectivity index (χ1v) is 9.22. The summed E-state index contributed by atoms with van der Waals surface area (Å²) in [7, 11) is 1.34. The predicted molar refractivity (Wildman–Crippen MR) is 102 cm³/mol. The quantitative estimate of drug-likeness (QED) is 0.694. The number of methoxy groups -OCH3 is 1. The molecule has 0 saturated carbocycles. The molecule has 1 amide bonds.